The van der Waals surface area contributed by atoms with Crippen LogP contribution in [0.25, 0.3) is 0 Å². The third kappa shape index (κ3) is 3.89. The molecule has 0 aliphatic carbocycles. The van der Waals surface area contributed by atoms with Crippen LogP contribution in [-0.2, 0) is 13.2 Å². The number of hydrogen-bond donors (Lipinski definition) is 1. The van der Waals surface area contributed by atoms with Crippen LogP contribution in [0, 0.1) is 0 Å². The molecule has 0 radical (unpaired) electrons. The van der Waals surface area contributed by atoms with E-state index in [0.29, 0.717) is 23.9 Å². The second-order valence-corrected chi connectivity index (χ2v) is 5.24. The molecule has 2 aromatic rings. The van der Waals surface area contributed by atoms with Crippen molar-refractivity contribution >= 4 is 15.9 Å². The number of hydrogen-bond acceptors (Lipinski definition) is 4. The van der Waals surface area contributed by atoms with Gasteiger partial charge < -0.3 is 19.3 Å². The van der Waals surface area contributed by atoms with E-state index in [9.17, 15) is 5.11 Å². The minimum absolute atomic E-state index is 0.0336. The van der Waals surface area contributed by atoms with Crippen molar-refractivity contribution in [2.24, 2.45) is 0 Å². The third-order valence-electron chi connectivity index (χ3n) is 3.04. The van der Waals surface area contributed by atoms with Crippen molar-refractivity contribution in [2.75, 3.05) is 14.2 Å². The van der Waals surface area contributed by atoms with E-state index < -0.39 is 0 Å². The molecule has 0 heterocycles. The van der Waals surface area contributed by atoms with Crippen LogP contribution < -0.4 is 14.2 Å². The largest absolute Gasteiger partial charge is 0.493 e. The summed E-state index contributed by atoms with van der Waals surface area (Å²) in [6.07, 6.45) is 0. The van der Waals surface area contributed by atoms with E-state index in [1.54, 1.807) is 14.2 Å². The highest BCUT2D eigenvalue weighted by atomic mass is 79.9. The predicted molar refractivity (Wildman–Crippen MR) is 83.9 cm³/mol. The molecule has 0 saturated heterocycles. The fraction of sp³-hybridized carbons (Fsp3) is 0.250. The maximum absolute atomic E-state index is 9.24. The summed E-state index contributed by atoms with van der Waals surface area (Å²) < 4.78 is 17.1. The molecule has 21 heavy (non-hydrogen) atoms. The SMILES string of the molecule is COc1ccc(COc2ccc(Br)c(CO)c2)cc1OC. The number of benzene rings is 2. The van der Waals surface area contributed by atoms with Gasteiger partial charge in [0.2, 0.25) is 0 Å². The topological polar surface area (TPSA) is 47.9 Å². The van der Waals surface area contributed by atoms with Gasteiger partial charge in [-0.1, -0.05) is 22.0 Å². The Hall–Kier alpha value is -1.72. The van der Waals surface area contributed by atoms with Crippen molar-refractivity contribution in [3.05, 3.63) is 52.0 Å². The molecule has 1 N–H and O–H groups in total. The van der Waals surface area contributed by atoms with Crippen LogP contribution in [0.5, 0.6) is 17.2 Å². The molecule has 2 rings (SSSR count). The lowest BCUT2D eigenvalue weighted by Gasteiger charge is -2.11. The number of aliphatic hydroxyl groups excluding tert-OH is 1. The van der Waals surface area contributed by atoms with Crippen LogP contribution >= 0.6 is 15.9 Å². The Balaban J connectivity index is 2.09. The first-order valence-electron chi connectivity index (χ1n) is 6.41. The molecule has 0 saturated carbocycles. The zero-order valence-corrected chi connectivity index (χ0v) is 13.5. The lowest BCUT2D eigenvalue weighted by Crippen LogP contribution is -1.98. The Bertz CT molecular complexity index is 613. The first kappa shape index (κ1) is 15.7. The molecule has 0 aromatic heterocycles. The van der Waals surface area contributed by atoms with E-state index in [0.717, 1.165) is 15.6 Å². The standard InChI is InChI=1S/C16H17BrO4/c1-19-15-6-3-11(7-16(15)20-2)10-21-13-4-5-14(17)12(8-13)9-18/h3-8,18H,9-10H2,1-2H3. The lowest BCUT2D eigenvalue weighted by atomic mass is 10.2. The number of halogens is 1. The first-order chi connectivity index (χ1) is 10.2. The third-order valence-corrected chi connectivity index (χ3v) is 3.81. The van der Waals surface area contributed by atoms with Gasteiger partial charge in [0.25, 0.3) is 0 Å². The van der Waals surface area contributed by atoms with Crippen molar-refractivity contribution in [3.63, 3.8) is 0 Å². The fourth-order valence-corrected chi connectivity index (χ4v) is 2.27. The molecule has 0 aliphatic heterocycles. The molecule has 0 bridgehead atoms. The van der Waals surface area contributed by atoms with Crippen LogP contribution in [0.15, 0.2) is 40.9 Å². The average molecular weight is 353 g/mol. The van der Waals surface area contributed by atoms with Crippen molar-refractivity contribution < 1.29 is 19.3 Å². The molecule has 4 nitrogen and oxygen atoms in total. The Kier molecular flexibility index (Phi) is 5.47. The van der Waals surface area contributed by atoms with E-state index in [1.807, 2.05) is 36.4 Å². The molecular formula is C16H17BrO4. The van der Waals surface area contributed by atoms with Gasteiger partial charge >= 0.3 is 0 Å². The zero-order valence-electron chi connectivity index (χ0n) is 11.9. The minimum Gasteiger partial charge on any atom is -0.493 e. The highest BCUT2D eigenvalue weighted by Gasteiger charge is 2.06. The van der Waals surface area contributed by atoms with Crippen molar-refractivity contribution in [2.45, 2.75) is 13.2 Å². The summed E-state index contributed by atoms with van der Waals surface area (Å²) in [6.45, 7) is 0.376. The Morgan fingerprint density at radius 2 is 1.76 bits per heavy atom. The Morgan fingerprint density at radius 1 is 1.00 bits per heavy atom. The number of aliphatic hydroxyl groups is 1. The molecule has 5 heteroatoms. The van der Waals surface area contributed by atoms with Crippen LogP contribution in [0.4, 0.5) is 0 Å². The average Bonchev–Trinajstić information content (AvgIpc) is 2.53. The van der Waals surface area contributed by atoms with Gasteiger partial charge in [0, 0.05) is 4.47 Å². The molecule has 0 amide bonds. The van der Waals surface area contributed by atoms with Gasteiger partial charge in [-0.3, -0.25) is 0 Å². The smallest absolute Gasteiger partial charge is 0.161 e. The van der Waals surface area contributed by atoms with Crippen molar-refractivity contribution in [1.82, 2.24) is 0 Å². The molecule has 0 atom stereocenters. The maximum Gasteiger partial charge on any atom is 0.161 e. The number of ether oxygens (including phenoxy) is 3. The maximum atomic E-state index is 9.24. The van der Waals surface area contributed by atoms with Gasteiger partial charge in [-0.15, -0.1) is 0 Å². The number of rotatable bonds is 6. The fourth-order valence-electron chi connectivity index (χ4n) is 1.90. The van der Waals surface area contributed by atoms with E-state index >= 15 is 0 Å². The van der Waals surface area contributed by atoms with Gasteiger partial charge in [0.05, 0.1) is 20.8 Å². The Labute approximate surface area is 132 Å². The minimum atomic E-state index is -0.0336. The first-order valence-corrected chi connectivity index (χ1v) is 7.20. The highest BCUT2D eigenvalue weighted by molar-refractivity contribution is 9.10. The quantitative estimate of drug-likeness (QED) is 0.863. The summed E-state index contributed by atoms with van der Waals surface area (Å²) in [4.78, 5) is 0. The molecule has 0 spiro atoms. The van der Waals surface area contributed by atoms with Crippen LogP contribution in [-0.4, -0.2) is 19.3 Å². The van der Waals surface area contributed by atoms with Gasteiger partial charge in [-0.25, -0.2) is 0 Å². The molecule has 2 aromatic carbocycles. The van der Waals surface area contributed by atoms with Crippen molar-refractivity contribution in [1.29, 1.82) is 0 Å². The predicted octanol–water partition coefficient (Wildman–Crippen LogP) is 3.54. The van der Waals surface area contributed by atoms with Gasteiger partial charge in [-0.2, -0.15) is 0 Å². The lowest BCUT2D eigenvalue weighted by molar-refractivity contribution is 0.277. The summed E-state index contributed by atoms with van der Waals surface area (Å²) >= 11 is 3.38. The normalized spacial score (nSPS) is 10.3. The summed E-state index contributed by atoms with van der Waals surface area (Å²) in [5.41, 5.74) is 1.76. The van der Waals surface area contributed by atoms with Gasteiger partial charge in [0.1, 0.15) is 12.4 Å². The summed E-state index contributed by atoms with van der Waals surface area (Å²) in [6, 6.07) is 11.2. The summed E-state index contributed by atoms with van der Waals surface area (Å²) in [5, 5.41) is 9.24. The molecule has 0 fully saturated rings. The monoisotopic (exact) mass is 352 g/mol. The van der Waals surface area contributed by atoms with Crippen LogP contribution in [0.1, 0.15) is 11.1 Å². The molecule has 0 unspecified atom stereocenters. The highest BCUT2D eigenvalue weighted by Crippen LogP contribution is 2.28. The summed E-state index contributed by atoms with van der Waals surface area (Å²) in [7, 11) is 3.21. The molecule has 112 valence electrons. The van der Waals surface area contributed by atoms with E-state index in [4.69, 9.17) is 14.2 Å². The van der Waals surface area contributed by atoms with Gasteiger partial charge in [0.15, 0.2) is 11.5 Å². The van der Waals surface area contributed by atoms with Crippen LogP contribution in [0.2, 0.25) is 0 Å². The van der Waals surface area contributed by atoms with E-state index in [-0.39, 0.29) is 6.61 Å². The second-order valence-electron chi connectivity index (χ2n) is 4.39. The number of methoxy groups -OCH3 is 2. The van der Waals surface area contributed by atoms with E-state index in [1.165, 1.54) is 0 Å². The summed E-state index contributed by atoms with van der Waals surface area (Å²) in [5.74, 6) is 2.06. The van der Waals surface area contributed by atoms with E-state index in [2.05, 4.69) is 15.9 Å². The second kappa shape index (κ2) is 7.33. The molecular weight excluding hydrogens is 336 g/mol. The van der Waals surface area contributed by atoms with Gasteiger partial charge in [-0.05, 0) is 41.5 Å². The zero-order chi connectivity index (χ0) is 15.2. The van der Waals surface area contributed by atoms with Crippen molar-refractivity contribution in [3.8, 4) is 17.2 Å². The van der Waals surface area contributed by atoms with Crippen LogP contribution in [0.3, 0.4) is 0 Å². The molecule has 0 aliphatic rings. The Morgan fingerprint density at radius 3 is 2.43 bits per heavy atom.